The molecule has 1 saturated carbocycles. The summed E-state index contributed by atoms with van der Waals surface area (Å²) in [7, 11) is 0. The molecule has 0 bridgehead atoms. The lowest BCUT2D eigenvalue weighted by molar-refractivity contribution is -0.149. The van der Waals surface area contributed by atoms with Gasteiger partial charge in [-0.3, -0.25) is 14.4 Å². The van der Waals surface area contributed by atoms with Gasteiger partial charge in [0.25, 0.3) is 5.91 Å². The first kappa shape index (κ1) is 14.8. The molecular formula is C18H17N3O3. The van der Waals surface area contributed by atoms with Crippen molar-refractivity contribution in [2.45, 2.75) is 26.0 Å². The lowest BCUT2D eigenvalue weighted by Crippen LogP contribution is -2.34. The molecule has 0 atom stereocenters. The fourth-order valence-corrected chi connectivity index (χ4v) is 2.68. The average Bonchev–Trinajstić information content (AvgIpc) is 3.46. The van der Waals surface area contributed by atoms with E-state index in [-0.39, 0.29) is 17.7 Å². The maximum Gasteiger partial charge on any atom is 0.277 e. The van der Waals surface area contributed by atoms with Gasteiger partial charge in [0.05, 0.1) is 6.54 Å². The van der Waals surface area contributed by atoms with Gasteiger partial charge in [0.15, 0.2) is 0 Å². The van der Waals surface area contributed by atoms with E-state index >= 15 is 0 Å². The number of anilines is 1. The molecule has 0 spiro atoms. The summed E-state index contributed by atoms with van der Waals surface area (Å²) in [6, 6.07) is 11.1. The highest BCUT2D eigenvalue weighted by Crippen LogP contribution is 2.30. The van der Waals surface area contributed by atoms with Crippen LogP contribution in [0.3, 0.4) is 0 Å². The standard InChI is InChI=1S/C18H17N3O3/c22-17(12-5-6-12)20-16-9-13(7-8-19-16)18(23)21-10-14-3-1-2-4-15(14)11-24-21/h1-4,7-9,12H,5-6,10-11H2,(H,19,20,22). The van der Waals surface area contributed by atoms with Crippen molar-refractivity contribution < 1.29 is 14.4 Å². The van der Waals surface area contributed by atoms with Crippen LogP contribution in [0.1, 0.15) is 34.3 Å². The summed E-state index contributed by atoms with van der Waals surface area (Å²) in [4.78, 5) is 34.2. The topological polar surface area (TPSA) is 71.5 Å². The van der Waals surface area contributed by atoms with E-state index < -0.39 is 0 Å². The van der Waals surface area contributed by atoms with Crippen LogP contribution in [0.4, 0.5) is 5.82 Å². The van der Waals surface area contributed by atoms with Gasteiger partial charge >= 0.3 is 0 Å². The fourth-order valence-electron chi connectivity index (χ4n) is 2.68. The van der Waals surface area contributed by atoms with E-state index in [1.807, 2.05) is 24.3 Å². The number of nitrogens with zero attached hydrogens (tertiary/aromatic N) is 2. The van der Waals surface area contributed by atoms with Gasteiger partial charge in [0.2, 0.25) is 5.91 Å². The number of carbonyl (C=O) groups excluding carboxylic acids is 2. The number of rotatable bonds is 3. The summed E-state index contributed by atoms with van der Waals surface area (Å²) in [5.74, 6) is 0.215. The monoisotopic (exact) mass is 323 g/mol. The lowest BCUT2D eigenvalue weighted by Gasteiger charge is -2.28. The smallest absolute Gasteiger partial charge is 0.277 e. The van der Waals surface area contributed by atoms with Gasteiger partial charge < -0.3 is 5.32 Å². The van der Waals surface area contributed by atoms with Crippen LogP contribution in [-0.4, -0.2) is 21.9 Å². The third-order valence-electron chi connectivity index (χ3n) is 4.24. The minimum absolute atomic E-state index is 0.0322. The predicted molar refractivity (Wildman–Crippen MR) is 86.7 cm³/mol. The second-order valence-corrected chi connectivity index (χ2v) is 6.08. The summed E-state index contributed by atoms with van der Waals surface area (Å²) in [6.45, 7) is 0.777. The molecule has 1 fully saturated rings. The number of benzene rings is 1. The highest BCUT2D eigenvalue weighted by atomic mass is 16.7. The van der Waals surface area contributed by atoms with Crippen molar-refractivity contribution in [1.29, 1.82) is 0 Å². The van der Waals surface area contributed by atoms with Gasteiger partial charge in [-0.1, -0.05) is 24.3 Å². The predicted octanol–water partition coefficient (Wildman–Crippen LogP) is 2.52. The first-order valence-electron chi connectivity index (χ1n) is 7.99. The zero-order valence-electron chi connectivity index (χ0n) is 13.1. The van der Waals surface area contributed by atoms with Crippen LogP contribution in [0.25, 0.3) is 0 Å². The molecule has 122 valence electrons. The molecule has 2 amide bonds. The van der Waals surface area contributed by atoms with Crippen LogP contribution in [0.15, 0.2) is 42.6 Å². The maximum absolute atomic E-state index is 12.7. The molecule has 6 nitrogen and oxygen atoms in total. The van der Waals surface area contributed by atoms with Gasteiger partial charge in [0.1, 0.15) is 12.4 Å². The molecular weight excluding hydrogens is 306 g/mol. The van der Waals surface area contributed by atoms with Crippen LogP contribution < -0.4 is 5.32 Å². The zero-order chi connectivity index (χ0) is 16.5. The molecule has 1 aromatic carbocycles. The lowest BCUT2D eigenvalue weighted by atomic mass is 10.1. The Bertz CT molecular complexity index is 802. The Labute approximate surface area is 139 Å². The number of hydrogen-bond acceptors (Lipinski definition) is 4. The number of aromatic nitrogens is 1. The van der Waals surface area contributed by atoms with E-state index in [0.717, 1.165) is 24.0 Å². The Balaban J connectivity index is 1.49. The molecule has 2 aromatic rings. The summed E-state index contributed by atoms with van der Waals surface area (Å²) >= 11 is 0. The number of fused-ring (bicyclic) bond motifs is 1. The van der Waals surface area contributed by atoms with Crippen molar-refractivity contribution >= 4 is 17.6 Å². The first-order valence-corrected chi connectivity index (χ1v) is 7.99. The molecule has 6 heteroatoms. The summed E-state index contributed by atoms with van der Waals surface area (Å²) < 4.78 is 0. The molecule has 1 N–H and O–H groups in total. The minimum Gasteiger partial charge on any atom is -0.310 e. The number of pyridine rings is 1. The van der Waals surface area contributed by atoms with Crippen molar-refractivity contribution in [3.8, 4) is 0 Å². The Hall–Kier alpha value is -2.73. The number of amides is 2. The molecule has 1 aliphatic carbocycles. The first-order chi connectivity index (χ1) is 11.7. The van der Waals surface area contributed by atoms with Crippen LogP contribution in [0, 0.1) is 5.92 Å². The van der Waals surface area contributed by atoms with Gasteiger partial charge in [-0.15, -0.1) is 0 Å². The van der Waals surface area contributed by atoms with Gasteiger partial charge in [-0.05, 0) is 36.1 Å². The number of hydroxylamine groups is 2. The van der Waals surface area contributed by atoms with Crippen LogP contribution in [0.2, 0.25) is 0 Å². The Kier molecular flexibility index (Phi) is 3.74. The third-order valence-corrected chi connectivity index (χ3v) is 4.24. The largest absolute Gasteiger partial charge is 0.310 e. The van der Waals surface area contributed by atoms with Gasteiger partial charge in [-0.25, -0.2) is 10.0 Å². The van der Waals surface area contributed by atoms with E-state index in [2.05, 4.69) is 10.3 Å². The molecule has 1 aliphatic heterocycles. The Morgan fingerprint density at radius 2 is 1.96 bits per heavy atom. The summed E-state index contributed by atoms with van der Waals surface area (Å²) in [5.41, 5.74) is 2.61. The van der Waals surface area contributed by atoms with E-state index in [1.54, 1.807) is 12.1 Å². The minimum atomic E-state index is -0.242. The highest BCUT2D eigenvalue weighted by molar-refractivity contribution is 5.97. The maximum atomic E-state index is 12.7. The average molecular weight is 323 g/mol. The van der Waals surface area contributed by atoms with Crippen molar-refractivity contribution in [1.82, 2.24) is 10.0 Å². The van der Waals surface area contributed by atoms with E-state index in [4.69, 9.17) is 4.84 Å². The highest BCUT2D eigenvalue weighted by Gasteiger charge is 2.30. The molecule has 2 aliphatic rings. The Morgan fingerprint density at radius 1 is 1.17 bits per heavy atom. The summed E-state index contributed by atoms with van der Waals surface area (Å²) in [6.07, 6.45) is 3.37. The van der Waals surface area contributed by atoms with E-state index in [1.165, 1.54) is 11.3 Å². The van der Waals surface area contributed by atoms with Crippen LogP contribution >= 0.6 is 0 Å². The molecule has 24 heavy (non-hydrogen) atoms. The normalized spacial score (nSPS) is 16.4. The van der Waals surface area contributed by atoms with Crippen molar-refractivity contribution in [2.75, 3.05) is 5.32 Å². The molecule has 1 aromatic heterocycles. The van der Waals surface area contributed by atoms with Gasteiger partial charge in [-0.2, -0.15) is 0 Å². The molecule has 0 saturated heterocycles. The van der Waals surface area contributed by atoms with Crippen molar-refractivity contribution in [2.24, 2.45) is 5.92 Å². The molecule has 4 rings (SSSR count). The molecule has 0 radical (unpaired) electrons. The fraction of sp³-hybridized carbons (Fsp3) is 0.278. The quantitative estimate of drug-likeness (QED) is 0.942. The van der Waals surface area contributed by atoms with Gasteiger partial charge in [0, 0.05) is 17.7 Å². The number of carbonyl (C=O) groups is 2. The molecule has 2 heterocycles. The molecule has 0 unspecified atom stereocenters. The van der Waals surface area contributed by atoms with Crippen molar-refractivity contribution in [3.05, 3.63) is 59.3 Å². The summed E-state index contributed by atoms with van der Waals surface area (Å²) in [5, 5.41) is 4.11. The van der Waals surface area contributed by atoms with Crippen LogP contribution in [-0.2, 0) is 22.8 Å². The van der Waals surface area contributed by atoms with Crippen LogP contribution in [0.5, 0.6) is 0 Å². The SMILES string of the molecule is O=C(Nc1cc(C(=O)N2Cc3ccccc3CO2)ccn1)C1CC1. The number of hydrogen-bond donors (Lipinski definition) is 1. The zero-order valence-corrected chi connectivity index (χ0v) is 13.1. The number of nitrogens with one attached hydrogen (secondary N) is 1. The second kappa shape index (κ2) is 6.05. The van der Waals surface area contributed by atoms with Crippen molar-refractivity contribution in [3.63, 3.8) is 0 Å². The third kappa shape index (κ3) is 3.00. The van der Waals surface area contributed by atoms with E-state index in [0.29, 0.717) is 24.5 Å². The van der Waals surface area contributed by atoms with E-state index in [9.17, 15) is 9.59 Å². The second-order valence-electron chi connectivity index (χ2n) is 6.08. The Morgan fingerprint density at radius 3 is 2.75 bits per heavy atom.